The molecule has 0 aliphatic rings. The largest absolute Gasteiger partial charge is 0.416 e. The lowest BCUT2D eigenvalue weighted by Gasteiger charge is -2.12. The topological polar surface area (TPSA) is 65.5 Å². The third kappa shape index (κ3) is 9.99. The van der Waals surface area contributed by atoms with Crippen LogP contribution in [0.25, 0.3) is 0 Å². The van der Waals surface area contributed by atoms with Gasteiger partial charge in [0.1, 0.15) is 5.82 Å². The van der Waals surface area contributed by atoms with Crippen LogP contribution in [0.2, 0.25) is 0 Å². The molecule has 0 radical (unpaired) electrons. The molecule has 0 saturated heterocycles. The van der Waals surface area contributed by atoms with E-state index in [9.17, 15) is 22.4 Å². The van der Waals surface area contributed by atoms with Gasteiger partial charge < -0.3 is 16.0 Å². The number of hydrogen-bond acceptors (Lipinski definition) is 2. The Balaban J connectivity index is 0.00000480. The molecule has 0 atom stereocenters. The van der Waals surface area contributed by atoms with Gasteiger partial charge in [0.05, 0.1) is 18.5 Å². The highest BCUT2D eigenvalue weighted by Gasteiger charge is 2.30. The highest BCUT2D eigenvalue weighted by molar-refractivity contribution is 14.0. The zero-order valence-electron chi connectivity index (χ0n) is 16.9. The Labute approximate surface area is 195 Å². The number of guanidine groups is 1. The first-order valence-corrected chi connectivity index (χ1v) is 9.47. The molecule has 1 amide bonds. The predicted octanol–water partition coefficient (Wildman–Crippen LogP) is 3.88. The van der Waals surface area contributed by atoms with Gasteiger partial charge in [-0.05, 0) is 42.3 Å². The number of carbonyl (C=O) groups is 1. The van der Waals surface area contributed by atoms with Crippen LogP contribution in [0.4, 0.5) is 17.6 Å². The van der Waals surface area contributed by atoms with Crippen molar-refractivity contribution in [3.05, 3.63) is 71.0 Å². The van der Waals surface area contributed by atoms with Crippen LogP contribution >= 0.6 is 24.0 Å². The minimum absolute atomic E-state index is 0. The number of nitrogens with one attached hydrogen (secondary N) is 3. The van der Waals surface area contributed by atoms with Gasteiger partial charge in [-0.25, -0.2) is 9.38 Å². The van der Waals surface area contributed by atoms with Crippen molar-refractivity contribution in [3.63, 3.8) is 0 Å². The number of alkyl halides is 3. The average molecular weight is 552 g/mol. The van der Waals surface area contributed by atoms with Crippen LogP contribution in [0, 0.1) is 5.82 Å². The van der Waals surface area contributed by atoms with Gasteiger partial charge >= 0.3 is 6.18 Å². The molecule has 0 aliphatic carbocycles. The number of hydrogen-bond donors (Lipinski definition) is 3. The van der Waals surface area contributed by atoms with E-state index in [1.807, 2.05) is 6.92 Å². The lowest BCUT2D eigenvalue weighted by Crippen LogP contribution is -2.41. The summed E-state index contributed by atoms with van der Waals surface area (Å²) in [4.78, 5) is 16.2. The van der Waals surface area contributed by atoms with Crippen molar-refractivity contribution in [2.75, 3.05) is 19.6 Å². The number of aliphatic imine (C=N–C) groups is 1. The maximum absolute atomic E-state index is 12.9. The standard InChI is InChI=1S/C21H24F4N4O.HI/c1-2-26-20(29-14-16-4-3-5-17(12-16)21(23,24)25)28-11-10-27-19(30)13-15-6-8-18(22)9-7-15;/h3-9,12H,2,10-11,13-14H2,1H3,(H,27,30)(H2,26,28,29);1H. The minimum atomic E-state index is -4.39. The second-order valence-corrected chi connectivity index (χ2v) is 6.47. The molecule has 10 heteroatoms. The average Bonchev–Trinajstić information content (AvgIpc) is 2.70. The van der Waals surface area contributed by atoms with E-state index in [4.69, 9.17) is 0 Å². The van der Waals surface area contributed by atoms with Gasteiger partial charge in [-0.15, -0.1) is 24.0 Å². The molecule has 0 unspecified atom stereocenters. The fourth-order valence-electron chi connectivity index (χ4n) is 2.59. The number of carbonyl (C=O) groups excluding carboxylic acids is 1. The molecule has 31 heavy (non-hydrogen) atoms. The first-order valence-electron chi connectivity index (χ1n) is 9.47. The van der Waals surface area contributed by atoms with Gasteiger partial charge in [-0.2, -0.15) is 13.2 Å². The maximum atomic E-state index is 12.9. The SMILES string of the molecule is CCNC(=NCc1cccc(C(F)(F)F)c1)NCCNC(=O)Cc1ccc(F)cc1.I. The number of amides is 1. The normalized spacial score (nSPS) is 11.5. The van der Waals surface area contributed by atoms with Gasteiger partial charge in [-0.3, -0.25) is 4.79 Å². The van der Waals surface area contributed by atoms with E-state index >= 15 is 0 Å². The lowest BCUT2D eigenvalue weighted by molar-refractivity contribution is -0.137. The Hall–Kier alpha value is -2.37. The van der Waals surface area contributed by atoms with E-state index < -0.39 is 11.7 Å². The summed E-state index contributed by atoms with van der Waals surface area (Å²) in [6.07, 6.45) is -4.25. The number of halogens is 5. The van der Waals surface area contributed by atoms with Gasteiger partial charge in [0, 0.05) is 19.6 Å². The van der Waals surface area contributed by atoms with E-state index in [1.54, 1.807) is 18.2 Å². The molecule has 5 nitrogen and oxygen atoms in total. The summed E-state index contributed by atoms with van der Waals surface area (Å²) in [7, 11) is 0. The van der Waals surface area contributed by atoms with Gasteiger partial charge in [-0.1, -0.05) is 24.3 Å². The molecular weight excluding hydrogens is 527 g/mol. The minimum Gasteiger partial charge on any atom is -0.357 e. The second-order valence-electron chi connectivity index (χ2n) is 6.47. The van der Waals surface area contributed by atoms with Crippen LogP contribution in [0.1, 0.15) is 23.6 Å². The zero-order valence-corrected chi connectivity index (χ0v) is 19.3. The van der Waals surface area contributed by atoms with Crippen molar-refractivity contribution < 1.29 is 22.4 Å². The third-order valence-electron chi connectivity index (χ3n) is 4.04. The van der Waals surface area contributed by atoms with Crippen LogP contribution in [0.5, 0.6) is 0 Å². The van der Waals surface area contributed by atoms with E-state index in [0.29, 0.717) is 36.7 Å². The number of nitrogens with zero attached hydrogens (tertiary/aromatic N) is 1. The fraction of sp³-hybridized carbons (Fsp3) is 0.333. The highest BCUT2D eigenvalue weighted by Crippen LogP contribution is 2.29. The molecule has 0 spiro atoms. The van der Waals surface area contributed by atoms with Crippen LogP contribution in [0.15, 0.2) is 53.5 Å². The molecule has 0 aromatic heterocycles. The maximum Gasteiger partial charge on any atom is 0.416 e. The van der Waals surface area contributed by atoms with Crippen LogP contribution in [-0.2, 0) is 23.9 Å². The summed E-state index contributed by atoms with van der Waals surface area (Å²) in [5.41, 5.74) is 0.435. The smallest absolute Gasteiger partial charge is 0.357 e. The van der Waals surface area contributed by atoms with Crippen molar-refractivity contribution >= 4 is 35.8 Å². The van der Waals surface area contributed by atoms with Gasteiger partial charge in [0.2, 0.25) is 5.91 Å². The Bertz CT molecular complexity index is 857. The van der Waals surface area contributed by atoms with Gasteiger partial charge in [0.15, 0.2) is 5.96 Å². The van der Waals surface area contributed by atoms with Crippen LogP contribution < -0.4 is 16.0 Å². The zero-order chi connectivity index (χ0) is 22.0. The summed E-state index contributed by atoms with van der Waals surface area (Å²) in [5, 5.41) is 8.75. The van der Waals surface area contributed by atoms with Crippen LogP contribution in [-0.4, -0.2) is 31.5 Å². The Morgan fingerprint density at radius 3 is 2.29 bits per heavy atom. The van der Waals surface area contributed by atoms with E-state index in [2.05, 4.69) is 20.9 Å². The summed E-state index contributed by atoms with van der Waals surface area (Å²) in [6.45, 7) is 3.23. The van der Waals surface area contributed by atoms with Gasteiger partial charge in [0.25, 0.3) is 0 Å². The Morgan fingerprint density at radius 2 is 1.65 bits per heavy atom. The summed E-state index contributed by atoms with van der Waals surface area (Å²) >= 11 is 0. The molecule has 2 aromatic rings. The molecule has 170 valence electrons. The fourth-order valence-corrected chi connectivity index (χ4v) is 2.59. The quantitative estimate of drug-likeness (QED) is 0.153. The van der Waals surface area contributed by atoms with Crippen molar-refractivity contribution in [2.45, 2.75) is 26.1 Å². The summed E-state index contributed by atoms with van der Waals surface area (Å²) in [6, 6.07) is 10.7. The third-order valence-corrected chi connectivity index (χ3v) is 4.04. The molecule has 0 fully saturated rings. The second kappa shape index (κ2) is 13.1. The van der Waals surface area contributed by atoms with E-state index in [0.717, 1.165) is 12.1 Å². The van der Waals surface area contributed by atoms with Crippen molar-refractivity contribution in [3.8, 4) is 0 Å². The Morgan fingerprint density at radius 1 is 0.968 bits per heavy atom. The summed E-state index contributed by atoms with van der Waals surface area (Å²) < 4.78 is 51.3. The first kappa shape index (κ1) is 26.7. The summed E-state index contributed by atoms with van der Waals surface area (Å²) in [5.74, 6) is -0.124. The molecule has 0 bridgehead atoms. The molecule has 2 aromatic carbocycles. The number of rotatable bonds is 8. The van der Waals surface area contributed by atoms with E-state index in [1.165, 1.54) is 18.2 Å². The monoisotopic (exact) mass is 552 g/mol. The van der Waals surface area contributed by atoms with E-state index in [-0.39, 0.29) is 48.7 Å². The first-order chi connectivity index (χ1) is 14.3. The molecule has 0 saturated carbocycles. The van der Waals surface area contributed by atoms with Crippen molar-refractivity contribution in [1.82, 2.24) is 16.0 Å². The van der Waals surface area contributed by atoms with Crippen LogP contribution in [0.3, 0.4) is 0 Å². The molecule has 3 N–H and O–H groups in total. The molecule has 0 aliphatic heterocycles. The lowest BCUT2D eigenvalue weighted by atomic mass is 10.1. The molecule has 0 heterocycles. The van der Waals surface area contributed by atoms with Crippen molar-refractivity contribution in [1.29, 1.82) is 0 Å². The number of benzene rings is 2. The highest BCUT2D eigenvalue weighted by atomic mass is 127. The van der Waals surface area contributed by atoms with Crippen molar-refractivity contribution in [2.24, 2.45) is 4.99 Å². The Kier molecular flexibility index (Phi) is 11.3. The molecule has 2 rings (SSSR count). The predicted molar refractivity (Wildman–Crippen MR) is 123 cm³/mol. The molecular formula is C21H25F4IN4O.